The molecule has 7 nitrogen and oxygen atoms in total. The number of carbonyl (C=O) groups is 3. The first kappa shape index (κ1) is 21.3. The number of ether oxygens (including phenoxy) is 1. The smallest absolute Gasteiger partial charge is 0.337 e. The minimum absolute atomic E-state index is 0.0599. The molecule has 0 aliphatic carbocycles. The third-order valence-electron chi connectivity index (χ3n) is 4.97. The number of aliphatic hydroxyl groups is 2. The van der Waals surface area contributed by atoms with Crippen molar-refractivity contribution in [3.8, 4) is 0 Å². The van der Waals surface area contributed by atoms with Crippen LogP contribution in [0.2, 0.25) is 0 Å². The number of likely N-dealkylation sites (tertiary alicyclic amines) is 1. The number of aliphatic hydroxyl groups excluding tert-OH is 2. The second-order valence-electron chi connectivity index (χ2n) is 7.28. The maximum absolute atomic E-state index is 12.8. The van der Waals surface area contributed by atoms with Gasteiger partial charge in [0.2, 0.25) is 0 Å². The SMILES string of the molecule is COC(=O)c1ccc([C@@H]2C(=C(O)c3ccc(C)cc3)C(=O)C(=O)N2C[C@H](C)O)cc1. The first-order chi connectivity index (χ1) is 14.2. The normalized spacial score (nSPS) is 19.1. The molecule has 0 aromatic heterocycles. The first-order valence-corrected chi connectivity index (χ1v) is 9.46. The number of β-amino-alcohol motifs (C(OH)–C–C–N with tert-alkyl or cyclic N) is 1. The van der Waals surface area contributed by atoms with Crippen LogP contribution in [-0.4, -0.2) is 52.5 Å². The van der Waals surface area contributed by atoms with Crippen molar-refractivity contribution in [2.75, 3.05) is 13.7 Å². The monoisotopic (exact) mass is 409 g/mol. The summed E-state index contributed by atoms with van der Waals surface area (Å²) < 4.78 is 4.70. The molecule has 2 aromatic carbocycles. The third-order valence-corrected chi connectivity index (χ3v) is 4.97. The molecule has 2 aromatic rings. The molecular weight excluding hydrogens is 386 g/mol. The number of aryl methyl sites for hydroxylation is 1. The molecule has 3 rings (SSSR count). The first-order valence-electron chi connectivity index (χ1n) is 9.46. The van der Waals surface area contributed by atoms with Crippen molar-refractivity contribution in [3.63, 3.8) is 0 Å². The van der Waals surface area contributed by atoms with Gasteiger partial charge in [-0.25, -0.2) is 4.79 Å². The summed E-state index contributed by atoms with van der Waals surface area (Å²) in [4.78, 5) is 38.5. The van der Waals surface area contributed by atoms with Crippen LogP contribution < -0.4 is 0 Å². The topological polar surface area (TPSA) is 104 Å². The molecule has 1 saturated heterocycles. The van der Waals surface area contributed by atoms with Crippen LogP contribution in [0.1, 0.15) is 40.0 Å². The fourth-order valence-electron chi connectivity index (χ4n) is 3.49. The Kier molecular flexibility index (Phi) is 6.03. The molecule has 30 heavy (non-hydrogen) atoms. The molecule has 1 amide bonds. The van der Waals surface area contributed by atoms with Crippen molar-refractivity contribution in [3.05, 3.63) is 76.4 Å². The van der Waals surface area contributed by atoms with Gasteiger partial charge in [-0.2, -0.15) is 0 Å². The number of nitrogens with zero attached hydrogens (tertiary/aromatic N) is 1. The number of benzene rings is 2. The molecule has 0 bridgehead atoms. The van der Waals surface area contributed by atoms with Gasteiger partial charge in [-0.3, -0.25) is 9.59 Å². The lowest BCUT2D eigenvalue weighted by atomic mass is 9.94. The summed E-state index contributed by atoms with van der Waals surface area (Å²) in [6.07, 6.45) is -0.875. The van der Waals surface area contributed by atoms with E-state index >= 15 is 0 Å². The third kappa shape index (κ3) is 3.97. The average Bonchev–Trinajstić information content (AvgIpc) is 2.97. The molecule has 1 aliphatic heterocycles. The summed E-state index contributed by atoms with van der Waals surface area (Å²) in [6.45, 7) is 3.32. The van der Waals surface area contributed by atoms with Crippen molar-refractivity contribution >= 4 is 23.4 Å². The Balaban J connectivity index is 2.14. The molecule has 2 atom stereocenters. The predicted octanol–water partition coefficient (Wildman–Crippen LogP) is 2.58. The Morgan fingerprint density at radius 2 is 1.63 bits per heavy atom. The Morgan fingerprint density at radius 1 is 1.07 bits per heavy atom. The lowest BCUT2D eigenvalue weighted by molar-refractivity contribution is -0.140. The van der Waals surface area contributed by atoms with Gasteiger partial charge in [0.15, 0.2) is 0 Å². The van der Waals surface area contributed by atoms with Crippen LogP contribution in [0.15, 0.2) is 54.1 Å². The van der Waals surface area contributed by atoms with Crippen molar-refractivity contribution in [2.24, 2.45) is 0 Å². The van der Waals surface area contributed by atoms with Gasteiger partial charge < -0.3 is 19.8 Å². The highest BCUT2D eigenvalue weighted by Crippen LogP contribution is 2.39. The average molecular weight is 409 g/mol. The molecule has 1 heterocycles. The zero-order valence-corrected chi connectivity index (χ0v) is 17.0. The van der Waals surface area contributed by atoms with Crippen LogP contribution in [0.3, 0.4) is 0 Å². The maximum Gasteiger partial charge on any atom is 0.337 e. The fraction of sp³-hybridized carbons (Fsp3) is 0.261. The number of hydrogen-bond donors (Lipinski definition) is 2. The van der Waals surface area contributed by atoms with Gasteiger partial charge in [-0.05, 0) is 31.5 Å². The summed E-state index contributed by atoms with van der Waals surface area (Å²) in [5.41, 5.74) is 2.17. The molecule has 1 fully saturated rings. The number of rotatable bonds is 5. The fourth-order valence-corrected chi connectivity index (χ4v) is 3.49. The molecule has 2 N–H and O–H groups in total. The Bertz CT molecular complexity index is 1000. The van der Waals surface area contributed by atoms with Crippen LogP contribution in [0.5, 0.6) is 0 Å². The maximum atomic E-state index is 12.8. The second-order valence-corrected chi connectivity index (χ2v) is 7.28. The van der Waals surface area contributed by atoms with E-state index in [9.17, 15) is 24.6 Å². The minimum atomic E-state index is -0.896. The standard InChI is InChI=1S/C23H23NO6/c1-13-4-6-16(7-5-13)20(26)18-19(24(12-14(2)25)22(28)21(18)27)15-8-10-17(11-9-15)23(29)30-3/h4-11,14,19,25-26H,12H2,1-3H3/t14-,19+/m0/s1. The van der Waals surface area contributed by atoms with Gasteiger partial charge in [0.05, 0.1) is 30.4 Å². The van der Waals surface area contributed by atoms with E-state index in [-0.39, 0.29) is 17.9 Å². The summed E-state index contributed by atoms with van der Waals surface area (Å²) >= 11 is 0. The zero-order valence-electron chi connectivity index (χ0n) is 17.0. The molecular formula is C23H23NO6. The van der Waals surface area contributed by atoms with E-state index in [4.69, 9.17) is 4.74 Å². The van der Waals surface area contributed by atoms with Gasteiger partial charge in [-0.1, -0.05) is 42.0 Å². The van der Waals surface area contributed by atoms with Gasteiger partial charge in [0.25, 0.3) is 11.7 Å². The zero-order chi connectivity index (χ0) is 22.0. The lowest BCUT2D eigenvalue weighted by Gasteiger charge is -2.26. The molecule has 7 heteroatoms. The predicted molar refractivity (Wildman–Crippen MR) is 110 cm³/mol. The van der Waals surface area contributed by atoms with Gasteiger partial charge >= 0.3 is 5.97 Å². The molecule has 156 valence electrons. The number of Topliss-reactive ketones (excluding diaryl/α,β-unsaturated/α-hetero) is 1. The summed E-state index contributed by atoms with van der Waals surface area (Å²) in [6, 6.07) is 12.3. The Hall–Kier alpha value is -3.45. The Morgan fingerprint density at radius 3 is 2.17 bits per heavy atom. The lowest BCUT2D eigenvalue weighted by Crippen LogP contribution is -2.35. The van der Waals surface area contributed by atoms with Crippen molar-refractivity contribution in [1.29, 1.82) is 0 Å². The summed E-state index contributed by atoms with van der Waals surface area (Å²) in [5, 5.41) is 20.8. The summed E-state index contributed by atoms with van der Waals surface area (Å²) in [5.74, 6) is -2.43. The van der Waals surface area contributed by atoms with E-state index in [1.165, 1.54) is 31.1 Å². The minimum Gasteiger partial charge on any atom is -0.507 e. The summed E-state index contributed by atoms with van der Waals surface area (Å²) in [7, 11) is 1.27. The van der Waals surface area contributed by atoms with E-state index in [0.29, 0.717) is 16.7 Å². The van der Waals surface area contributed by atoms with Crippen LogP contribution >= 0.6 is 0 Å². The molecule has 0 spiro atoms. The van der Waals surface area contributed by atoms with Crippen molar-refractivity contribution < 1.29 is 29.3 Å². The molecule has 0 radical (unpaired) electrons. The second kappa shape index (κ2) is 8.51. The highest BCUT2D eigenvalue weighted by atomic mass is 16.5. The van der Waals surface area contributed by atoms with Gasteiger partial charge in [0, 0.05) is 12.1 Å². The van der Waals surface area contributed by atoms with E-state index in [1.54, 1.807) is 36.4 Å². The largest absolute Gasteiger partial charge is 0.507 e. The van der Waals surface area contributed by atoms with E-state index in [0.717, 1.165) is 5.56 Å². The van der Waals surface area contributed by atoms with Crippen molar-refractivity contribution in [2.45, 2.75) is 26.0 Å². The van der Waals surface area contributed by atoms with Crippen LogP contribution in [0.25, 0.3) is 5.76 Å². The van der Waals surface area contributed by atoms with Crippen LogP contribution in [-0.2, 0) is 14.3 Å². The molecule has 1 aliphatic rings. The Labute approximate surface area is 174 Å². The van der Waals surface area contributed by atoms with E-state index in [2.05, 4.69) is 0 Å². The number of methoxy groups -OCH3 is 1. The van der Waals surface area contributed by atoms with Gasteiger partial charge in [0.1, 0.15) is 5.76 Å². The quantitative estimate of drug-likeness (QED) is 0.340. The van der Waals surface area contributed by atoms with Crippen LogP contribution in [0, 0.1) is 6.92 Å². The highest BCUT2D eigenvalue weighted by molar-refractivity contribution is 6.46. The molecule has 0 unspecified atom stereocenters. The van der Waals surface area contributed by atoms with E-state index in [1.807, 2.05) is 6.92 Å². The van der Waals surface area contributed by atoms with Crippen LogP contribution in [0.4, 0.5) is 0 Å². The van der Waals surface area contributed by atoms with Gasteiger partial charge in [-0.15, -0.1) is 0 Å². The number of carbonyl (C=O) groups excluding carboxylic acids is 3. The van der Waals surface area contributed by atoms with Crippen molar-refractivity contribution in [1.82, 2.24) is 4.90 Å². The number of ketones is 1. The van der Waals surface area contributed by atoms with E-state index < -0.39 is 29.8 Å². The number of hydrogen-bond acceptors (Lipinski definition) is 6. The highest BCUT2D eigenvalue weighted by Gasteiger charge is 2.46. The number of esters is 1. The number of amides is 1. The molecule has 0 saturated carbocycles.